The molecule has 0 aliphatic carbocycles. The summed E-state index contributed by atoms with van der Waals surface area (Å²) < 4.78 is 13.4. The fourth-order valence-corrected chi connectivity index (χ4v) is 4.05. The number of benzene rings is 2. The third-order valence-electron chi connectivity index (χ3n) is 4.73. The number of aryl methyl sites for hydroxylation is 1. The molecular weight excluding hydrogens is 422 g/mol. The third-order valence-corrected chi connectivity index (χ3v) is 5.69. The van der Waals surface area contributed by atoms with Crippen molar-refractivity contribution in [3.63, 3.8) is 0 Å². The molecule has 0 bridgehead atoms. The number of fused-ring (bicyclic) bond motifs is 1. The number of aromatic nitrogens is 3. The number of hydrogen-bond acceptors (Lipinski definition) is 6. The van der Waals surface area contributed by atoms with Crippen molar-refractivity contribution >= 4 is 34.5 Å². The van der Waals surface area contributed by atoms with E-state index < -0.39 is 0 Å². The minimum absolute atomic E-state index is 0.184. The quantitative estimate of drug-likeness (QED) is 0.401. The van der Waals surface area contributed by atoms with Crippen LogP contribution < -0.4 is 19.6 Å². The highest BCUT2D eigenvalue weighted by atomic mass is 32.1. The van der Waals surface area contributed by atoms with Crippen LogP contribution in [0.4, 0.5) is 0 Å². The second-order valence-electron chi connectivity index (χ2n) is 7.31. The standard InChI is InChI=1S/C25H25N3O3S/c1-4-14-31-20-12-10-19(15-21(20)30-5-2)16-22-24(29)28-25(32-22)26-23(27-28)13-11-18-8-6-17(3)7-9-18/h6-13,15-16H,4-5,14H2,1-3H3/b13-11+,22-16-. The van der Waals surface area contributed by atoms with Gasteiger partial charge in [0.15, 0.2) is 17.3 Å². The van der Waals surface area contributed by atoms with Crippen LogP contribution in [0.5, 0.6) is 11.5 Å². The lowest BCUT2D eigenvalue weighted by Crippen LogP contribution is -2.23. The minimum Gasteiger partial charge on any atom is -0.490 e. The van der Waals surface area contributed by atoms with E-state index >= 15 is 0 Å². The summed E-state index contributed by atoms with van der Waals surface area (Å²) in [6, 6.07) is 13.9. The molecule has 0 saturated carbocycles. The lowest BCUT2D eigenvalue weighted by molar-refractivity contribution is 0.277. The Morgan fingerprint density at radius 3 is 2.50 bits per heavy atom. The molecule has 0 saturated heterocycles. The highest BCUT2D eigenvalue weighted by Gasteiger charge is 2.10. The number of thiazole rings is 1. The molecule has 2 heterocycles. The zero-order valence-corrected chi connectivity index (χ0v) is 19.2. The van der Waals surface area contributed by atoms with Crippen LogP contribution in [0.25, 0.3) is 23.2 Å². The topological polar surface area (TPSA) is 65.7 Å². The van der Waals surface area contributed by atoms with E-state index in [1.807, 2.05) is 55.5 Å². The van der Waals surface area contributed by atoms with E-state index in [2.05, 4.69) is 36.1 Å². The van der Waals surface area contributed by atoms with Crippen molar-refractivity contribution in [2.24, 2.45) is 0 Å². The van der Waals surface area contributed by atoms with Gasteiger partial charge in [0, 0.05) is 0 Å². The second-order valence-corrected chi connectivity index (χ2v) is 8.32. The number of rotatable bonds is 8. The Morgan fingerprint density at radius 1 is 1.00 bits per heavy atom. The van der Waals surface area contributed by atoms with Crippen molar-refractivity contribution in [2.45, 2.75) is 27.2 Å². The van der Waals surface area contributed by atoms with Crippen LogP contribution in [0.1, 0.15) is 42.8 Å². The predicted molar refractivity (Wildman–Crippen MR) is 129 cm³/mol. The predicted octanol–water partition coefficient (Wildman–Crippen LogP) is 4.37. The molecule has 0 atom stereocenters. The minimum atomic E-state index is -0.184. The van der Waals surface area contributed by atoms with Crippen LogP contribution in [0.15, 0.2) is 47.3 Å². The van der Waals surface area contributed by atoms with Crippen molar-refractivity contribution in [2.75, 3.05) is 13.2 Å². The normalized spacial score (nSPS) is 12.2. The molecule has 7 heteroatoms. The lowest BCUT2D eigenvalue weighted by Gasteiger charge is -2.11. The summed E-state index contributed by atoms with van der Waals surface area (Å²) in [5.41, 5.74) is 2.94. The summed E-state index contributed by atoms with van der Waals surface area (Å²) in [6.45, 7) is 7.20. The molecule has 6 nitrogen and oxygen atoms in total. The van der Waals surface area contributed by atoms with E-state index in [0.29, 0.717) is 40.0 Å². The zero-order chi connectivity index (χ0) is 22.5. The Morgan fingerprint density at radius 2 is 1.78 bits per heavy atom. The van der Waals surface area contributed by atoms with Gasteiger partial charge in [0.1, 0.15) is 0 Å². The molecule has 2 aromatic carbocycles. The monoisotopic (exact) mass is 447 g/mol. The summed E-state index contributed by atoms with van der Waals surface area (Å²) in [5.74, 6) is 1.89. The van der Waals surface area contributed by atoms with Crippen LogP contribution >= 0.6 is 11.3 Å². The molecule has 0 aliphatic rings. The average Bonchev–Trinajstić information content (AvgIpc) is 3.32. The molecule has 164 valence electrons. The van der Waals surface area contributed by atoms with Gasteiger partial charge in [-0.3, -0.25) is 4.79 Å². The van der Waals surface area contributed by atoms with Gasteiger partial charge in [-0.2, -0.15) is 9.50 Å². The Balaban J connectivity index is 1.61. The SMILES string of the molecule is CCCOc1ccc(/C=c2\sc3nc(/C=C/c4ccc(C)cc4)nn3c2=O)cc1OCC. The smallest absolute Gasteiger partial charge is 0.291 e. The van der Waals surface area contributed by atoms with Gasteiger partial charge >= 0.3 is 0 Å². The first-order valence-electron chi connectivity index (χ1n) is 10.6. The molecule has 0 fully saturated rings. The van der Waals surface area contributed by atoms with Gasteiger partial charge in [0.25, 0.3) is 5.56 Å². The van der Waals surface area contributed by atoms with Crippen molar-refractivity contribution in [1.29, 1.82) is 0 Å². The fourth-order valence-electron chi connectivity index (χ4n) is 3.13. The summed E-state index contributed by atoms with van der Waals surface area (Å²) in [4.78, 5) is 17.9. The molecule has 2 aromatic heterocycles. The Hall–Kier alpha value is -3.45. The van der Waals surface area contributed by atoms with Crippen LogP contribution in [0, 0.1) is 6.92 Å². The van der Waals surface area contributed by atoms with Gasteiger partial charge in [0.2, 0.25) is 4.96 Å². The highest BCUT2D eigenvalue weighted by Crippen LogP contribution is 2.29. The molecular formula is C25H25N3O3S. The maximum atomic E-state index is 12.8. The van der Waals surface area contributed by atoms with Crippen molar-refractivity contribution in [3.05, 3.63) is 79.9 Å². The van der Waals surface area contributed by atoms with Crippen molar-refractivity contribution < 1.29 is 9.47 Å². The maximum Gasteiger partial charge on any atom is 0.291 e. The van der Waals surface area contributed by atoms with Crippen LogP contribution in [-0.2, 0) is 0 Å². The van der Waals surface area contributed by atoms with E-state index in [4.69, 9.17) is 9.47 Å². The van der Waals surface area contributed by atoms with E-state index in [1.54, 1.807) is 0 Å². The average molecular weight is 448 g/mol. The largest absolute Gasteiger partial charge is 0.490 e. The summed E-state index contributed by atoms with van der Waals surface area (Å²) >= 11 is 1.32. The summed E-state index contributed by atoms with van der Waals surface area (Å²) in [7, 11) is 0. The molecule has 0 spiro atoms. The van der Waals surface area contributed by atoms with Gasteiger partial charge in [-0.1, -0.05) is 60.2 Å². The van der Waals surface area contributed by atoms with Gasteiger partial charge < -0.3 is 9.47 Å². The Labute approximate surface area is 190 Å². The number of nitrogens with zero attached hydrogens (tertiary/aromatic N) is 3. The summed E-state index contributed by atoms with van der Waals surface area (Å²) in [6.07, 6.45) is 6.50. The van der Waals surface area contributed by atoms with Gasteiger partial charge in [-0.15, -0.1) is 5.10 Å². The summed E-state index contributed by atoms with van der Waals surface area (Å²) in [5, 5.41) is 4.35. The fraction of sp³-hybridized carbons (Fsp3) is 0.240. The van der Waals surface area contributed by atoms with E-state index in [9.17, 15) is 4.79 Å². The van der Waals surface area contributed by atoms with Crippen LogP contribution in [0.2, 0.25) is 0 Å². The maximum absolute atomic E-state index is 12.8. The van der Waals surface area contributed by atoms with Crippen molar-refractivity contribution in [3.8, 4) is 11.5 Å². The number of ether oxygens (including phenoxy) is 2. The third kappa shape index (κ3) is 4.89. The molecule has 4 aromatic rings. The molecule has 4 rings (SSSR count). The molecule has 0 N–H and O–H groups in total. The molecule has 0 aliphatic heterocycles. The van der Waals surface area contributed by atoms with E-state index in [0.717, 1.165) is 17.5 Å². The first-order chi connectivity index (χ1) is 15.6. The molecule has 32 heavy (non-hydrogen) atoms. The first-order valence-corrected chi connectivity index (χ1v) is 11.4. The molecule has 0 unspecified atom stereocenters. The Kier molecular flexibility index (Phi) is 6.66. The number of hydrogen-bond donors (Lipinski definition) is 0. The Bertz CT molecular complexity index is 1350. The van der Waals surface area contributed by atoms with E-state index in [1.165, 1.54) is 21.4 Å². The molecule has 0 amide bonds. The van der Waals surface area contributed by atoms with Gasteiger partial charge in [-0.25, -0.2) is 0 Å². The van der Waals surface area contributed by atoms with Crippen LogP contribution in [0.3, 0.4) is 0 Å². The van der Waals surface area contributed by atoms with Gasteiger partial charge in [-0.05, 0) is 55.7 Å². The highest BCUT2D eigenvalue weighted by molar-refractivity contribution is 7.15. The first kappa shape index (κ1) is 21.8. The zero-order valence-electron chi connectivity index (χ0n) is 18.4. The van der Waals surface area contributed by atoms with Crippen LogP contribution in [-0.4, -0.2) is 27.8 Å². The molecule has 0 radical (unpaired) electrons. The second kappa shape index (κ2) is 9.78. The van der Waals surface area contributed by atoms with E-state index in [-0.39, 0.29) is 5.56 Å². The van der Waals surface area contributed by atoms with Gasteiger partial charge in [0.05, 0.1) is 17.7 Å². The lowest BCUT2D eigenvalue weighted by atomic mass is 10.1. The van der Waals surface area contributed by atoms with Crippen molar-refractivity contribution in [1.82, 2.24) is 14.6 Å².